The van der Waals surface area contributed by atoms with Gasteiger partial charge in [-0.3, -0.25) is 0 Å². The average Bonchev–Trinajstić information content (AvgIpc) is 2.40. The van der Waals surface area contributed by atoms with Crippen LogP contribution in [0.15, 0.2) is 36.7 Å². The molecule has 0 amide bonds. The Labute approximate surface area is 120 Å². The van der Waals surface area contributed by atoms with Crippen LogP contribution in [0.25, 0.3) is 0 Å². The van der Waals surface area contributed by atoms with E-state index >= 15 is 0 Å². The van der Waals surface area contributed by atoms with Crippen LogP contribution < -0.4 is 10.1 Å². The molecule has 0 spiro atoms. The van der Waals surface area contributed by atoms with E-state index in [1.54, 1.807) is 6.07 Å². The molecule has 0 aliphatic heterocycles. The van der Waals surface area contributed by atoms with Crippen molar-refractivity contribution >= 4 is 28.4 Å². The molecule has 94 valence electrons. The number of ether oxygens (including phenoxy) is 1. The molecule has 1 aromatic carbocycles. The molecule has 0 aliphatic rings. The van der Waals surface area contributed by atoms with Crippen molar-refractivity contribution in [3.63, 3.8) is 0 Å². The van der Waals surface area contributed by atoms with Gasteiger partial charge in [-0.25, -0.2) is 9.97 Å². The second-order valence-electron chi connectivity index (χ2n) is 3.72. The molecule has 4 nitrogen and oxygen atoms in total. The number of hydrogen-bond acceptors (Lipinski definition) is 4. The van der Waals surface area contributed by atoms with Gasteiger partial charge in [0.15, 0.2) is 0 Å². The van der Waals surface area contributed by atoms with Crippen molar-refractivity contribution in [3.8, 4) is 11.6 Å². The third-order valence-electron chi connectivity index (χ3n) is 2.23. The Balaban J connectivity index is 2.06. The lowest BCUT2D eigenvalue weighted by Gasteiger charge is -2.07. The summed E-state index contributed by atoms with van der Waals surface area (Å²) >= 11 is 2.26. The molecule has 0 atom stereocenters. The minimum Gasteiger partial charge on any atom is -0.439 e. The van der Waals surface area contributed by atoms with E-state index in [1.807, 2.05) is 24.3 Å². The van der Waals surface area contributed by atoms with E-state index in [0.717, 1.165) is 24.5 Å². The number of aromatic nitrogens is 2. The summed E-state index contributed by atoms with van der Waals surface area (Å²) in [4.78, 5) is 8.22. The fourth-order valence-corrected chi connectivity index (χ4v) is 1.73. The highest BCUT2D eigenvalue weighted by molar-refractivity contribution is 14.1. The van der Waals surface area contributed by atoms with Gasteiger partial charge < -0.3 is 10.1 Å². The molecular weight excluding hydrogens is 341 g/mol. The lowest BCUT2D eigenvalue weighted by atomic mass is 10.3. The van der Waals surface area contributed by atoms with Crippen LogP contribution in [0.1, 0.15) is 13.3 Å². The van der Waals surface area contributed by atoms with Gasteiger partial charge in [0.2, 0.25) is 5.88 Å². The summed E-state index contributed by atoms with van der Waals surface area (Å²) in [5.74, 6) is 2.10. The van der Waals surface area contributed by atoms with Crippen LogP contribution in [0.5, 0.6) is 11.6 Å². The quantitative estimate of drug-likeness (QED) is 0.831. The van der Waals surface area contributed by atoms with Crippen LogP contribution in [0.3, 0.4) is 0 Å². The number of nitrogens with one attached hydrogen (secondary N) is 1. The van der Waals surface area contributed by atoms with Gasteiger partial charge in [-0.15, -0.1) is 0 Å². The lowest BCUT2D eigenvalue weighted by molar-refractivity contribution is 0.461. The van der Waals surface area contributed by atoms with E-state index in [-0.39, 0.29) is 0 Å². The first kappa shape index (κ1) is 13.1. The number of rotatable bonds is 5. The number of benzene rings is 1. The second-order valence-corrected chi connectivity index (χ2v) is 4.97. The Hall–Kier alpha value is -1.37. The molecule has 18 heavy (non-hydrogen) atoms. The number of nitrogens with zero attached hydrogens (tertiary/aromatic N) is 2. The Morgan fingerprint density at radius 3 is 2.72 bits per heavy atom. The maximum atomic E-state index is 5.66. The summed E-state index contributed by atoms with van der Waals surface area (Å²) < 4.78 is 6.83. The lowest BCUT2D eigenvalue weighted by Crippen LogP contribution is -2.02. The molecule has 2 aromatic rings. The number of hydrogen-bond donors (Lipinski definition) is 1. The van der Waals surface area contributed by atoms with Crippen LogP contribution in [0.4, 0.5) is 5.82 Å². The smallest absolute Gasteiger partial charge is 0.224 e. The SMILES string of the molecule is CCCNc1cc(Oc2ccc(I)cc2)ncn1. The second kappa shape index (κ2) is 6.53. The van der Waals surface area contributed by atoms with E-state index in [4.69, 9.17) is 4.74 Å². The molecule has 0 radical (unpaired) electrons. The molecule has 0 unspecified atom stereocenters. The summed E-state index contributed by atoms with van der Waals surface area (Å²) in [6, 6.07) is 9.63. The highest BCUT2D eigenvalue weighted by Gasteiger charge is 2.01. The molecule has 0 saturated heterocycles. The molecule has 5 heteroatoms. The van der Waals surface area contributed by atoms with Gasteiger partial charge in [0.05, 0.1) is 0 Å². The normalized spacial score (nSPS) is 10.1. The van der Waals surface area contributed by atoms with Crippen molar-refractivity contribution in [1.82, 2.24) is 9.97 Å². The fourth-order valence-electron chi connectivity index (χ4n) is 1.37. The molecule has 0 fully saturated rings. The van der Waals surface area contributed by atoms with Gasteiger partial charge in [-0.1, -0.05) is 6.92 Å². The van der Waals surface area contributed by atoms with E-state index in [2.05, 4.69) is 44.8 Å². The van der Waals surface area contributed by atoms with Crippen molar-refractivity contribution < 1.29 is 4.74 Å². The first-order valence-corrected chi connectivity index (χ1v) is 6.85. The van der Waals surface area contributed by atoms with Crippen molar-refractivity contribution in [2.24, 2.45) is 0 Å². The van der Waals surface area contributed by atoms with E-state index in [9.17, 15) is 0 Å². The van der Waals surface area contributed by atoms with Gasteiger partial charge in [0.1, 0.15) is 17.9 Å². The Morgan fingerprint density at radius 1 is 1.22 bits per heavy atom. The summed E-state index contributed by atoms with van der Waals surface area (Å²) in [5.41, 5.74) is 0. The van der Waals surface area contributed by atoms with Gasteiger partial charge in [-0.05, 0) is 53.3 Å². The number of halogens is 1. The van der Waals surface area contributed by atoms with Gasteiger partial charge in [0, 0.05) is 16.2 Å². The first-order chi connectivity index (χ1) is 8.78. The zero-order valence-corrected chi connectivity index (χ0v) is 12.2. The summed E-state index contributed by atoms with van der Waals surface area (Å²) in [5, 5.41) is 3.20. The summed E-state index contributed by atoms with van der Waals surface area (Å²) in [6.07, 6.45) is 2.55. The predicted octanol–water partition coefficient (Wildman–Crippen LogP) is 3.70. The van der Waals surface area contributed by atoms with E-state index in [0.29, 0.717) is 5.88 Å². The third-order valence-corrected chi connectivity index (χ3v) is 2.95. The van der Waals surface area contributed by atoms with Crippen molar-refractivity contribution in [3.05, 3.63) is 40.2 Å². The molecule has 0 bridgehead atoms. The highest BCUT2D eigenvalue weighted by atomic mass is 127. The van der Waals surface area contributed by atoms with Crippen LogP contribution in [-0.4, -0.2) is 16.5 Å². The average molecular weight is 355 g/mol. The van der Waals surface area contributed by atoms with Gasteiger partial charge >= 0.3 is 0 Å². The molecule has 0 saturated carbocycles. The first-order valence-electron chi connectivity index (χ1n) is 5.77. The van der Waals surface area contributed by atoms with Gasteiger partial charge in [-0.2, -0.15) is 0 Å². The third kappa shape index (κ3) is 3.83. The molecular formula is C13H14IN3O. The standard InChI is InChI=1S/C13H14IN3O/c1-2-7-15-12-8-13(17-9-16-12)18-11-5-3-10(14)4-6-11/h3-6,8-9H,2,7H2,1H3,(H,15,16,17). The zero-order valence-electron chi connectivity index (χ0n) is 10.1. The molecule has 2 rings (SSSR count). The van der Waals surface area contributed by atoms with Crippen molar-refractivity contribution in [1.29, 1.82) is 0 Å². The van der Waals surface area contributed by atoms with Crippen molar-refractivity contribution in [2.45, 2.75) is 13.3 Å². The monoisotopic (exact) mass is 355 g/mol. The topological polar surface area (TPSA) is 47.0 Å². The molecule has 0 aliphatic carbocycles. The molecule has 1 N–H and O–H groups in total. The minimum absolute atomic E-state index is 0.546. The van der Waals surface area contributed by atoms with Crippen LogP contribution >= 0.6 is 22.6 Å². The highest BCUT2D eigenvalue weighted by Crippen LogP contribution is 2.21. The Morgan fingerprint density at radius 2 is 2.00 bits per heavy atom. The molecule has 1 aromatic heterocycles. The van der Waals surface area contributed by atoms with E-state index < -0.39 is 0 Å². The largest absolute Gasteiger partial charge is 0.439 e. The van der Waals surface area contributed by atoms with Crippen LogP contribution in [0.2, 0.25) is 0 Å². The Kier molecular flexibility index (Phi) is 4.74. The van der Waals surface area contributed by atoms with Gasteiger partial charge in [0.25, 0.3) is 0 Å². The van der Waals surface area contributed by atoms with Crippen LogP contribution in [0, 0.1) is 3.57 Å². The van der Waals surface area contributed by atoms with Crippen molar-refractivity contribution in [2.75, 3.05) is 11.9 Å². The van der Waals surface area contributed by atoms with E-state index in [1.165, 1.54) is 9.90 Å². The maximum absolute atomic E-state index is 5.66. The Bertz CT molecular complexity index is 502. The molecule has 1 heterocycles. The fraction of sp³-hybridized carbons (Fsp3) is 0.231. The minimum atomic E-state index is 0.546. The summed E-state index contributed by atoms with van der Waals surface area (Å²) in [6.45, 7) is 3.00. The zero-order chi connectivity index (χ0) is 12.8. The van der Waals surface area contributed by atoms with Crippen LogP contribution in [-0.2, 0) is 0 Å². The maximum Gasteiger partial charge on any atom is 0.224 e. The predicted molar refractivity (Wildman–Crippen MR) is 80.0 cm³/mol. The number of anilines is 1. The summed E-state index contributed by atoms with van der Waals surface area (Å²) in [7, 11) is 0.